The fourth-order valence-electron chi connectivity index (χ4n) is 4.35. The van der Waals surface area contributed by atoms with E-state index in [0.29, 0.717) is 22.6 Å². The van der Waals surface area contributed by atoms with Crippen LogP contribution in [0.2, 0.25) is 10.0 Å². The Kier molecular flexibility index (Phi) is 9.80. The minimum absolute atomic E-state index is 0.137. The predicted molar refractivity (Wildman–Crippen MR) is 168 cm³/mol. The molecular weight excluding hydrogens is 615 g/mol. The molecule has 11 heteroatoms. The Hall–Kier alpha value is -4.31. The van der Waals surface area contributed by atoms with Gasteiger partial charge < -0.3 is 29.9 Å². The van der Waals surface area contributed by atoms with Crippen LogP contribution in [0.15, 0.2) is 84.9 Å². The highest BCUT2D eigenvalue weighted by molar-refractivity contribution is 7.92. The molecule has 4 N–H and O–H groups in total. The van der Waals surface area contributed by atoms with Gasteiger partial charge in [-0.05, 0) is 70.8 Å². The van der Waals surface area contributed by atoms with Crippen LogP contribution in [0.5, 0.6) is 34.5 Å². The van der Waals surface area contributed by atoms with Crippen molar-refractivity contribution in [2.45, 2.75) is 10.5 Å². The van der Waals surface area contributed by atoms with E-state index in [9.17, 15) is 28.8 Å². The number of halogens is 2. The van der Waals surface area contributed by atoms with Crippen molar-refractivity contribution in [3.05, 3.63) is 117 Å². The normalized spacial score (nSPS) is 13.3. The van der Waals surface area contributed by atoms with Crippen molar-refractivity contribution >= 4 is 45.2 Å². The summed E-state index contributed by atoms with van der Waals surface area (Å²) in [6.45, 7) is 0. The summed E-state index contributed by atoms with van der Waals surface area (Å²) in [7, 11) is -1.35. The highest BCUT2D eigenvalue weighted by Crippen LogP contribution is 2.43. The van der Waals surface area contributed by atoms with E-state index in [4.69, 9.17) is 32.7 Å². The van der Waals surface area contributed by atoms with Crippen molar-refractivity contribution in [1.82, 2.24) is 0 Å². The molecule has 2 unspecified atom stereocenters. The number of aromatic hydroxyl groups is 4. The molecule has 0 aliphatic carbocycles. The molecule has 0 heterocycles. The number of benzene rings is 4. The molecule has 4 aromatic rings. The zero-order valence-electron chi connectivity index (χ0n) is 23.0. The fraction of sp³-hybridized carbons (Fsp3) is 0.125. The maximum atomic E-state index is 14.7. The second-order valence-corrected chi connectivity index (χ2v) is 12.4. The third kappa shape index (κ3) is 7.19. The Labute approximate surface area is 259 Å². The van der Waals surface area contributed by atoms with Crippen molar-refractivity contribution in [2.24, 2.45) is 0 Å². The number of hydrogen-bond acceptors (Lipinski definition) is 8. The summed E-state index contributed by atoms with van der Waals surface area (Å²) >= 11 is 13.2. The lowest BCUT2D eigenvalue weighted by Gasteiger charge is -2.23. The van der Waals surface area contributed by atoms with Crippen LogP contribution in [-0.4, -0.2) is 43.1 Å². The zero-order valence-corrected chi connectivity index (χ0v) is 25.3. The Bertz CT molecular complexity index is 1680. The molecule has 4 rings (SSSR count). The molecule has 0 fully saturated rings. The van der Waals surface area contributed by atoms with Crippen molar-refractivity contribution in [3.63, 3.8) is 0 Å². The van der Waals surface area contributed by atoms with E-state index < -0.39 is 20.3 Å². The summed E-state index contributed by atoms with van der Waals surface area (Å²) in [5.41, 5.74) is 1.36. The molecule has 8 nitrogen and oxygen atoms in total. The van der Waals surface area contributed by atoms with Gasteiger partial charge in [-0.25, -0.2) is 8.42 Å². The summed E-state index contributed by atoms with van der Waals surface area (Å²) in [5.74, 6) is -0.518. The molecule has 0 aliphatic rings. The van der Waals surface area contributed by atoms with E-state index in [1.165, 1.54) is 87.1 Å². The highest BCUT2D eigenvalue weighted by atomic mass is 35.5. The standard InChI is InChI=1S/C32H28Cl2O8S/c1-41-21-7-9-23(25(33)17-21)31(13-5-19-3-11-27(35)29(37)15-19)43(39,40)32(24-10-8-22(42-2)18-26(24)34)14-6-20-4-12-28(36)30(38)16-20/h3-18,31-32,35-38H,1-2H3. The van der Waals surface area contributed by atoms with Crippen LogP contribution >= 0.6 is 23.2 Å². The monoisotopic (exact) mass is 642 g/mol. The van der Waals surface area contributed by atoms with Gasteiger partial charge in [0.25, 0.3) is 0 Å². The molecule has 43 heavy (non-hydrogen) atoms. The summed E-state index contributed by atoms with van der Waals surface area (Å²) in [6, 6.07) is 17.5. The van der Waals surface area contributed by atoms with Crippen molar-refractivity contribution < 1.29 is 38.3 Å². The fourth-order valence-corrected chi connectivity index (χ4v) is 7.09. The molecule has 0 aromatic heterocycles. The number of phenolic OH excluding ortho intramolecular Hbond substituents is 4. The molecule has 0 spiro atoms. The van der Waals surface area contributed by atoms with Crippen LogP contribution in [0.1, 0.15) is 32.8 Å². The number of sulfone groups is 1. The van der Waals surface area contributed by atoms with Gasteiger partial charge in [0, 0.05) is 10.0 Å². The van der Waals surface area contributed by atoms with Crippen molar-refractivity contribution in [2.75, 3.05) is 14.2 Å². The van der Waals surface area contributed by atoms with Gasteiger partial charge in [-0.15, -0.1) is 0 Å². The van der Waals surface area contributed by atoms with Gasteiger partial charge in [0.15, 0.2) is 32.8 Å². The summed E-state index contributed by atoms with van der Waals surface area (Å²) in [6.07, 6.45) is 5.85. The largest absolute Gasteiger partial charge is 0.504 e. The minimum Gasteiger partial charge on any atom is -0.504 e. The van der Waals surface area contributed by atoms with Crippen LogP contribution in [0.25, 0.3) is 12.2 Å². The zero-order chi connectivity index (χ0) is 31.3. The van der Waals surface area contributed by atoms with Gasteiger partial charge in [0.05, 0.1) is 14.2 Å². The molecule has 0 bridgehead atoms. The lowest BCUT2D eigenvalue weighted by molar-refractivity contribution is 0.403. The van der Waals surface area contributed by atoms with Gasteiger partial charge in [0.1, 0.15) is 22.0 Å². The van der Waals surface area contributed by atoms with Gasteiger partial charge in [0.2, 0.25) is 0 Å². The van der Waals surface area contributed by atoms with Crippen LogP contribution in [0, 0.1) is 0 Å². The molecule has 4 aromatic carbocycles. The molecule has 0 amide bonds. The molecule has 2 atom stereocenters. The number of methoxy groups -OCH3 is 2. The van der Waals surface area contributed by atoms with Crippen LogP contribution in [0.3, 0.4) is 0 Å². The van der Waals surface area contributed by atoms with Crippen LogP contribution in [-0.2, 0) is 9.84 Å². The van der Waals surface area contributed by atoms with E-state index in [2.05, 4.69) is 0 Å². The van der Waals surface area contributed by atoms with Gasteiger partial charge in [-0.1, -0.05) is 71.8 Å². The Morgan fingerprint density at radius 2 is 1.00 bits per heavy atom. The predicted octanol–water partition coefficient (Wildman–Crippen LogP) is 7.46. The van der Waals surface area contributed by atoms with Crippen LogP contribution < -0.4 is 9.47 Å². The molecule has 0 saturated carbocycles. The average molecular weight is 644 g/mol. The smallest absolute Gasteiger partial charge is 0.171 e. The third-order valence-corrected chi connectivity index (χ3v) is 9.55. The Morgan fingerprint density at radius 3 is 1.33 bits per heavy atom. The van der Waals surface area contributed by atoms with E-state index in [1.54, 1.807) is 24.3 Å². The molecular formula is C32H28Cl2O8S. The Balaban J connectivity index is 1.91. The summed E-state index contributed by atoms with van der Waals surface area (Å²) in [4.78, 5) is 0. The van der Waals surface area contributed by atoms with E-state index in [0.717, 1.165) is 0 Å². The van der Waals surface area contributed by atoms with Gasteiger partial charge in [-0.2, -0.15) is 0 Å². The minimum atomic E-state index is -4.28. The lowest BCUT2D eigenvalue weighted by atomic mass is 10.1. The first-order chi connectivity index (χ1) is 20.4. The maximum Gasteiger partial charge on any atom is 0.171 e. The van der Waals surface area contributed by atoms with Crippen LogP contribution in [0.4, 0.5) is 0 Å². The van der Waals surface area contributed by atoms with Gasteiger partial charge >= 0.3 is 0 Å². The maximum absolute atomic E-state index is 14.7. The topological polar surface area (TPSA) is 134 Å². The highest BCUT2D eigenvalue weighted by Gasteiger charge is 2.36. The number of phenols is 4. The first kappa shape index (κ1) is 31.6. The molecule has 0 saturated heterocycles. The lowest BCUT2D eigenvalue weighted by Crippen LogP contribution is -2.19. The molecule has 224 valence electrons. The number of rotatable bonds is 10. The third-order valence-electron chi connectivity index (χ3n) is 6.66. The average Bonchev–Trinajstić information content (AvgIpc) is 2.97. The SMILES string of the molecule is COc1ccc(C(C=Cc2ccc(O)c(O)c2)S(=O)(=O)C(C=Cc2ccc(O)c(O)c2)c2ccc(OC)cc2Cl)c(Cl)c1. The first-order valence-electron chi connectivity index (χ1n) is 12.7. The van der Waals surface area contributed by atoms with Crippen molar-refractivity contribution in [1.29, 1.82) is 0 Å². The number of hydrogen-bond donors (Lipinski definition) is 4. The Morgan fingerprint density at radius 1 is 0.605 bits per heavy atom. The number of ether oxygens (including phenoxy) is 2. The molecule has 0 radical (unpaired) electrons. The van der Waals surface area contributed by atoms with Gasteiger partial charge in [-0.3, -0.25) is 0 Å². The second kappa shape index (κ2) is 13.3. The molecule has 0 aliphatic heterocycles. The van der Waals surface area contributed by atoms with E-state index in [-0.39, 0.29) is 44.2 Å². The quantitative estimate of drug-likeness (QED) is 0.131. The van der Waals surface area contributed by atoms with Crippen molar-refractivity contribution in [3.8, 4) is 34.5 Å². The van der Waals surface area contributed by atoms with E-state index in [1.807, 2.05) is 0 Å². The van der Waals surface area contributed by atoms with E-state index >= 15 is 0 Å². The summed E-state index contributed by atoms with van der Waals surface area (Å²) < 4.78 is 39.8. The summed E-state index contributed by atoms with van der Waals surface area (Å²) in [5, 5.41) is 36.9. The second-order valence-electron chi connectivity index (χ2n) is 9.42. The first-order valence-corrected chi connectivity index (χ1v) is 15.1.